The summed E-state index contributed by atoms with van der Waals surface area (Å²) in [6, 6.07) is 72.9. The molecule has 0 spiro atoms. The molecule has 0 aliphatic carbocycles. The lowest BCUT2D eigenvalue weighted by Crippen LogP contribution is -2.33. The number of rotatable bonds is 6. The smallest absolute Gasteiger partial charge is 0.159 e. The zero-order chi connectivity index (χ0) is 39.6. The summed E-state index contributed by atoms with van der Waals surface area (Å²) in [5.41, 5.74) is 12.9. The summed E-state index contributed by atoms with van der Waals surface area (Å²) in [6.45, 7) is 0. The highest BCUT2D eigenvalue weighted by Gasteiger charge is 2.24. The second-order valence-corrected chi connectivity index (χ2v) is 15.4. The monoisotopic (exact) mass is 768 g/mol. The van der Waals surface area contributed by atoms with Gasteiger partial charge in [0.2, 0.25) is 0 Å². The van der Waals surface area contributed by atoms with Gasteiger partial charge in [0.1, 0.15) is 23.2 Å². The maximum atomic E-state index is 6.54. The number of aliphatic imine (C=N–C) groups is 2. The summed E-state index contributed by atoms with van der Waals surface area (Å²) in [5.74, 6) is 1.45. The number of aromatic nitrogens is 1. The summed E-state index contributed by atoms with van der Waals surface area (Å²) in [5, 5.41) is 10.6. The molecule has 9 aromatic carbocycles. The van der Waals surface area contributed by atoms with Crippen molar-refractivity contribution in [3.8, 4) is 27.9 Å². The van der Waals surface area contributed by atoms with Gasteiger partial charge >= 0.3 is 0 Å². The van der Waals surface area contributed by atoms with Crippen LogP contribution in [0.15, 0.2) is 221 Å². The number of nitrogens with one attached hydrogen (secondary N) is 1. The number of benzene rings is 9. The average molecular weight is 769 g/mol. The maximum Gasteiger partial charge on any atom is 0.159 e. The molecule has 60 heavy (non-hydrogen) atoms. The Labute approximate surface area is 346 Å². The van der Waals surface area contributed by atoms with Crippen LogP contribution in [-0.2, 0) is 0 Å². The first-order chi connectivity index (χ1) is 29.7. The fourth-order valence-electron chi connectivity index (χ4n) is 9.10. The molecule has 1 unspecified atom stereocenters. The fourth-order valence-corrected chi connectivity index (χ4v) is 9.10. The van der Waals surface area contributed by atoms with Gasteiger partial charge in [-0.1, -0.05) is 158 Å². The number of hydrogen-bond donors (Lipinski definition) is 1. The van der Waals surface area contributed by atoms with E-state index < -0.39 is 0 Å². The molecule has 0 fully saturated rings. The molecule has 1 atom stereocenters. The van der Waals surface area contributed by atoms with Crippen molar-refractivity contribution in [2.75, 3.05) is 0 Å². The molecule has 3 heterocycles. The number of hydrogen-bond acceptors (Lipinski definition) is 4. The van der Waals surface area contributed by atoms with E-state index >= 15 is 0 Å². The van der Waals surface area contributed by atoms with Crippen molar-refractivity contribution >= 4 is 66.2 Å². The molecule has 2 aromatic heterocycles. The number of furan rings is 1. The Hall–Kier alpha value is -8.02. The van der Waals surface area contributed by atoms with Gasteiger partial charge in [-0.2, -0.15) is 0 Å². The number of fused-ring (bicyclic) bond motifs is 7. The number of nitrogens with zero attached hydrogens (tertiary/aromatic N) is 3. The molecule has 0 bridgehead atoms. The molecular formula is C55H36N4O. The van der Waals surface area contributed by atoms with Gasteiger partial charge in [-0.05, 0) is 87.1 Å². The Morgan fingerprint density at radius 2 is 1.05 bits per heavy atom. The van der Waals surface area contributed by atoms with Crippen LogP contribution >= 0.6 is 0 Å². The van der Waals surface area contributed by atoms with Gasteiger partial charge in [0.15, 0.2) is 5.84 Å². The van der Waals surface area contributed by atoms with Crippen LogP contribution in [0.1, 0.15) is 22.9 Å². The Morgan fingerprint density at radius 1 is 0.433 bits per heavy atom. The van der Waals surface area contributed by atoms with Crippen LogP contribution in [-0.4, -0.2) is 16.2 Å². The highest BCUT2D eigenvalue weighted by atomic mass is 16.3. The van der Waals surface area contributed by atoms with Crippen LogP contribution < -0.4 is 5.32 Å². The number of para-hydroxylation sites is 2. The second kappa shape index (κ2) is 13.8. The van der Waals surface area contributed by atoms with Crippen LogP contribution in [0.5, 0.6) is 0 Å². The molecule has 1 aliphatic heterocycles. The maximum absolute atomic E-state index is 6.54. The summed E-state index contributed by atoms with van der Waals surface area (Å²) in [6.07, 6.45) is -0.300. The van der Waals surface area contributed by atoms with Gasteiger partial charge in [0, 0.05) is 38.4 Å². The van der Waals surface area contributed by atoms with Crippen LogP contribution in [0.2, 0.25) is 0 Å². The fraction of sp³-hybridized carbons (Fsp3) is 0.0182. The zero-order valence-electron chi connectivity index (χ0n) is 32.5. The molecule has 0 saturated heterocycles. The molecule has 11 aromatic rings. The predicted molar refractivity (Wildman–Crippen MR) is 248 cm³/mol. The SMILES string of the molecule is c1ccc(C2=NC(c3ccccc3)NC(c3cccc4oc5ccc(-c6ccc(-c7ccc8c(c7)c7ccccc7n8-c7ccccc7)c7ccccc67)cc5c34)=N2)cc1. The molecule has 1 aliphatic rings. The first kappa shape index (κ1) is 34.1. The van der Waals surface area contributed by atoms with Crippen molar-refractivity contribution in [1.82, 2.24) is 9.88 Å². The highest BCUT2D eigenvalue weighted by Crippen LogP contribution is 2.41. The Morgan fingerprint density at radius 3 is 1.80 bits per heavy atom. The third-order valence-electron chi connectivity index (χ3n) is 11.9. The molecule has 1 N–H and O–H groups in total. The Balaban J connectivity index is 0.987. The standard InChI is InChI=1S/C55H36N4O/c1-4-15-35(16-5-1)53-56-54(36-17-6-2-7-18-36)58-55(57-53)45-24-14-26-51-52(45)47-34-38(28-32-50(47)60-51)41-30-29-40(42-21-10-11-22-43(41)42)37-27-31-49-46(33-37)44-23-12-13-25-48(44)59(49)39-19-8-3-9-20-39/h1-34,53H,(H,56,57,58). The first-order valence-electron chi connectivity index (χ1n) is 20.4. The van der Waals surface area contributed by atoms with Gasteiger partial charge in [0.25, 0.3) is 0 Å². The summed E-state index contributed by atoms with van der Waals surface area (Å²) < 4.78 is 8.91. The largest absolute Gasteiger partial charge is 0.456 e. The third kappa shape index (κ3) is 5.55. The van der Waals surface area contributed by atoms with Crippen molar-refractivity contribution in [2.45, 2.75) is 6.17 Å². The molecule has 0 saturated carbocycles. The van der Waals surface area contributed by atoms with Crippen molar-refractivity contribution in [2.24, 2.45) is 9.98 Å². The summed E-state index contributed by atoms with van der Waals surface area (Å²) in [7, 11) is 0. The number of amidine groups is 2. The quantitative estimate of drug-likeness (QED) is 0.183. The van der Waals surface area contributed by atoms with Crippen molar-refractivity contribution in [3.63, 3.8) is 0 Å². The van der Waals surface area contributed by atoms with E-state index in [-0.39, 0.29) is 6.17 Å². The van der Waals surface area contributed by atoms with Crippen molar-refractivity contribution < 1.29 is 4.42 Å². The average Bonchev–Trinajstić information content (AvgIpc) is 3.87. The van der Waals surface area contributed by atoms with Crippen LogP contribution in [0, 0.1) is 0 Å². The molecule has 0 radical (unpaired) electrons. The lowest BCUT2D eigenvalue weighted by molar-refractivity contribution is 0.668. The van der Waals surface area contributed by atoms with E-state index in [2.05, 4.69) is 168 Å². The molecule has 282 valence electrons. The lowest BCUT2D eigenvalue weighted by atomic mass is 9.91. The topological polar surface area (TPSA) is 54.8 Å². The summed E-state index contributed by atoms with van der Waals surface area (Å²) in [4.78, 5) is 10.2. The molecular weight excluding hydrogens is 733 g/mol. The Bertz CT molecular complexity index is 3510. The van der Waals surface area contributed by atoms with Gasteiger partial charge in [-0.25, -0.2) is 9.98 Å². The Kier molecular flexibility index (Phi) is 7.85. The van der Waals surface area contributed by atoms with Crippen molar-refractivity contribution in [3.05, 3.63) is 223 Å². The molecule has 5 heteroatoms. The lowest BCUT2D eigenvalue weighted by Gasteiger charge is -2.24. The first-order valence-corrected chi connectivity index (χ1v) is 20.4. The van der Waals surface area contributed by atoms with E-state index in [1.807, 2.05) is 48.5 Å². The van der Waals surface area contributed by atoms with Gasteiger partial charge in [0.05, 0.1) is 11.0 Å². The van der Waals surface area contributed by atoms with Gasteiger partial charge in [-0.15, -0.1) is 0 Å². The minimum Gasteiger partial charge on any atom is -0.456 e. The molecule has 5 nitrogen and oxygen atoms in total. The minimum absolute atomic E-state index is 0.300. The van der Waals surface area contributed by atoms with Crippen LogP contribution in [0.25, 0.3) is 82.5 Å². The van der Waals surface area contributed by atoms with Crippen molar-refractivity contribution in [1.29, 1.82) is 0 Å². The molecule has 0 amide bonds. The van der Waals surface area contributed by atoms with E-state index in [9.17, 15) is 0 Å². The van der Waals surface area contributed by atoms with Crippen LogP contribution in [0.3, 0.4) is 0 Å². The minimum atomic E-state index is -0.300. The van der Waals surface area contributed by atoms with E-state index in [0.717, 1.165) is 55.7 Å². The van der Waals surface area contributed by atoms with E-state index in [1.54, 1.807) is 0 Å². The van der Waals surface area contributed by atoms with Gasteiger partial charge < -0.3 is 14.3 Å². The highest BCUT2D eigenvalue weighted by molar-refractivity contribution is 6.22. The van der Waals surface area contributed by atoms with E-state index in [0.29, 0.717) is 5.84 Å². The normalized spacial score (nSPS) is 14.2. The van der Waals surface area contributed by atoms with E-state index in [1.165, 1.54) is 49.3 Å². The van der Waals surface area contributed by atoms with Gasteiger partial charge in [-0.3, -0.25) is 0 Å². The zero-order valence-corrected chi connectivity index (χ0v) is 32.5. The third-order valence-corrected chi connectivity index (χ3v) is 11.9. The second-order valence-electron chi connectivity index (χ2n) is 15.4. The molecule has 12 rings (SSSR count). The van der Waals surface area contributed by atoms with Crippen LogP contribution in [0.4, 0.5) is 0 Å². The predicted octanol–water partition coefficient (Wildman–Crippen LogP) is 13.7. The summed E-state index contributed by atoms with van der Waals surface area (Å²) >= 11 is 0. The van der Waals surface area contributed by atoms with E-state index in [4.69, 9.17) is 14.4 Å².